The molecule has 0 unspecified atom stereocenters. The van der Waals surface area contributed by atoms with Crippen LogP contribution in [0.25, 0.3) is 0 Å². The maximum Gasteiger partial charge on any atom is 0.240 e. The number of sulfonamides is 1. The summed E-state index contributed by atoms with van der Waals surface area (Å²) in [4.78, 5) is 0.291. The first kappa shape index (κ1) is 18.5. The van der Waals surface area contributed by atoms with E-state index in [-0.39, 0.29) is 12.0 Å². The molecule has 0 aliphatic carbocycles. The van der Waals surface area contributed by atoms with Crippen molar-refractivity contribution in [1.82, 2.24) is 4.72 Å². The lowest BCUT2D eigenvalue weighted by atomic mass is 9.97. The minimum atomic E-state index is -3.55. The summed E-state index contributed by atoms with van der Waals surface area (Å²) in [6, 6.07) is 14.4. The third-order valence-corrected chi connectivity index (χ3v) is 5.58. The van der Waals surface area contributed by atoms with Gasteiger partial charge in [-0.2, -0.15) is 0 Å². The van der Waals surface area contributed by atoms with Gasteiger partial charge in [0.05, 0.1) is 12.0 Å². The Morgan fingerprint density at radius 3 is 2.25 bits per heavy atom. The first-order valence-electron chi connectivity index (χ1n) is 8.04. The summed E-state index contributed by atoms with van der Waals surface area (Å²) < 4.78 is 33.5. The normalized spacial score (nSPS) is 13.0. The van der Waals surface area contributed by atoms with Crippen LogP contribution in [0.5, 0.6) is 5.75 Å². The molecule has 1 atom stereocenters. The quantitative estimate of drug-likeness (QED) is 0.833. The van der Waals surface area contributed by atoms with Crippen molar-refractivity contribution in [2.75, 3.05) is 7.11 Å². The van der Waals surface area contributed by atoms with E-state index in [0.29, 0.717) is 11.3 Å². The highest BCUT2D eigenvalue weighted by molar-refractivity contribution is 7.89. The maximum absolute atomic E-state index is 12.7. The van der Waals surface area contributed by atoms with Crippen LogP contribution in [0.3, 0.4) is 0 Å². The summed E-state index contributed by atoms with van der Waals surface area (Å²) in [7, 11) is -1.93. The van der Waals surface area contributed by atoms with Gasteiger partial charge in [-0.05, 0) is 43.0 Å². The molecule has 0 aromatic heterocycles. The summed E-state index contributed by atoms with van der Waals surface area (Å²) in [5.41, 5.74) is 2.02. The van der Waals surface area contributed by atoms with Crippen LogP contribution in [0, 0.1) is 12.8 Å². The maximum atomic E-state index is 12.7. The second-order valence-electron chi connectivity index (χ2n) is 6.30. The zero-order chi connectivity index (χ0) is 17.7. The van der Waals surface area contributed by atoms with E-state index in [2.05, 4.69) is 4.72 Å². The molecule has 4 nitrogen and oxygen atoms in total. The average Bonchev–Trinajstić information content (AvgIpc) is 2.55. The minimum Gasteiger partial charge on any atom is -0.496 e. The Morgan fingerprint density at radius 1 is 1.04 bits per heavy atom. The van der Waals surface area contributed by atoms with Crippen molar-refractivity contribution in [3.05, 3.63) is 59.7 Å². The van der Waals surface area contributed by atoms with Crippen LogP contribution >= 0.6 is 0 Å². The molecule has 2 rings (SSSR count). The smallest absolute Gasteiger partial charge is 0.240 e. The summed E-state index contributed by atoms with van der Waals surface area (Å²) in [5.74, 6) is 0.924. The van der Waals surface area contributed by atoms with Gasteiger partial charge < -0.3 is 4.74 Å². The largest absolute Gasteiger partial charge is 0.496 e. The standard InChI is InChI=1S/C19H25NO3S/c1-14(2)18(13-16-7-5-6-8-19(16)23-4)20-24(21,22)17-11-9-15(3)10-12-17/h5-12,14,18,20H,13H2,1-4H3/t18-/m0/s1. The number of rotatable bonds is 7. The molecular formula is C19H25NO3S. The first-order valence-corrected chi connectivity index (χ1v) is 9.52. The van der Waals surface area contributed by atoms with Crippen LogP contribution in [0.1, 0.15) is 25.0 Å². The van der Waals surface area contributed by atoms with E-state index in [1.54, 1.807) is 31.4 Å². The highest BCUT2D eigenvalue weighted by Crippen LogP contribution is 2.22. The number of hydrogen-bond donors (Lipinski definition) is 1. The molecule has 0 saturated heterocycles. The Hall–Kier alpha value is -1.85. The van der Waals surface area contributed by atoms with Gasteiger partial charge in [0.25, 0.3) is 0 Å². The fourth-order valence-electron chi connectivity index (χ4n) is 2.51. The number of methoxy groups -OCH3 is 1. The third kappa shape index (κ3) is 4.58. The van der Waals surface area contributed by atoms with Crippen molar-refractivity contribution in [3.63, 3.8) is 0 Å². The number of benzene rings is 2. The van der Waals surface area contributed by atoms with E-state index in [0.717, 1.165) is 16.9 Å². The number of hydrogen-bond acceptors (Lipinski definition) is 3. The molecule has 0 spiro atoms. The van der Waals surface area contributed by atoms with Crippen molar-refractivity contribution in [1.29, 1.82) is 0 Å². The Bertz CT molecular complexity index is 767. The highest BCUT2D eigenvalue weighted by atomic mass is 32.2. The molecule has 0 radical (unpaired) electrons. The molecule has 0 amide bonds. The summed E-state index contributed by atoms with van der Waals surface area (Å²) in [6.07, 6.45) is 0.576. The predicted octanol–water partition coefficient (Wildman–Crippen LogP) is 3.55. The van der Waals surface area contributed by atoms with Crippen molar-refractivity contribution in [2.45, 2.75) is 38.1 Å². The Labute approximate surface area is 144 Å². The average molecular weight is 347 g/mol. The lowest BCUT2D eigenvalue weighted by Gasteiger charge is -2.23. The topological polar surface area (TPSA) is 55.4 Å². The molecule has 24 heavy (non-hydrogen) atoms. The molecule has 0 saturated carbocycles. The Morgan fingerprint density at radius 2 is 1.67 bits per heavy atom. The number of nitrogens with one attached hydrogen (secondary N) is 1. The first-order chi connectivity index (χ1) is 11.3. The van der Waals surface area contributed by atoms with Gasteiger partial charge in [0.1, 0.15) is 5.75 Å². The third-order valence-electron chi connectivity index (χ3n) is 4.07. The van der Waals surface area contributed by atoms with Gasteiger partial charge in [-0.1, -0.05) is 49.7 Å². The van der Waals surface area contributed by atoms with Crippen LogP contribution in [0.15, 0.2) is 53.4 Å². The Balaban J connectivity index is 2.23. The van der Waals surface area contributed by atoms with Crippen molar-refractivity contribution >= 4 is 10.0 Å². The molecule has 0 bridgehead atoms. The zero-order valence-electron chi connectivity index (χ0n) is 14.6. The molecule has 0 heterocycles. The van der Waals surface area contributed by atoms with Gasteiger partial charge in [0.15, 0.2) is 0 Å². The summed E-state index contributed by atoms with van der Waals surface area (Å²) >= 11 is 0. The number of aryl methyl sites for hydroxylation is 1. The molecule has 1 N–H and O–H groups in total. The van der Waals surface area contributed by atoms with Gasteiger partial charge in [-0.15, -0.1) is 0 Å². The molecular weight excluding hydrogens is 322 g/mol. The van der Waals surface area contributed by atoms with Gasteiger partial charge in [0.2, 0.25) is 10.0 Å². The van der Waals surface area contributed by atoms with E-state index in [1.165, 1.54) is 0 Å². The minimum absolute atomic E-state index is 0.148. The predicted molar refractivity (Wildman–Crippen MR) is 96.8 cm³/mol. The van der Waals surface area contributed by atoms with E-state index in [4.69, 9.17) is 4.74 Å². The monoisotopic (exact) mass is 347 g/mol. The molecule has 2 aromatic carbocycles. The molecule has 0 aliphatic rings. The lowest BCUT2D eigenvalue weighted by Crippen LogP contribution is -2.40. The van der Waals surface area contributed by atoms with E-state index in [1.807, 2.05) is 45.0 Å². The van der Waals surface area contributed by atoms with Crippen LogP contribution in [-0.4, -0.2) is 21.6 Å². The van der Waals surface area contributed by atoms with Crippen LogP contribution in [0.2, 0.25) is 0 Å². The second kappa shape index (κ2) is 7.81. The molecule has 2 aromatic rings. The van der Waals surface area contributed by atoms with Crippen LogP contribution in [0.4, 0.5) is 0 Å². The van der Waals surface area contributed by atoms with E-state index < -0.39 is 10.0 Å². The molecule has 5 heteroatoms. The van der Waals surface area contributed by atoms with Gasteiger partial charge in [-0.25, -0.2) is 13.1 Å². The lowest BCUT2D eigenvalue weighted by molar-refractivity contribution is 0.398. The number of para-hydroxylation sites is 1. The van der Waals surface area contributed by atoms with Crippen LogP contribution < -0.4 is 9.46 Å². The SMILES string of the molecule is COc1ccccc1C[C@H](NS(=O)(=O)c1ccc(C)cc1)C(C)C. The molecule has 0 fully saturated rings. The zero-order valence-corrected chi connectivity index (χ0v) is 15.4. The Kier molecular flexibility index (Phi) is 6.02. The van der Waals surface area contributed by atoms with E-state index in [9.17, 15) is 8.42 Å². The second-order valence-corrected chi connectivity index (χ2v) is 8.01. The van der Waals surface area contributed by atoms with Crippen molar-refractivity contribution in [3.8, 4) is 5.75 Å². The van der Waals surface area contributed by atoms with E-state index >= 15 is 0 Å². The fraction of sp³-hybridized carbons (Fsp3) is 0.368. The number of ether oxygens (including phenoxy) is 1. The van der Waals surface area contributed by atoms with Crippen molar-refractivity contribution < 1.29 is 13.2 Å². The molecule has 130 valence electrons. The van der Waals surface area contributed by atoms with Gasteiger partial charge >= 0.3 is 0 Å². The van der Waals surface area contributed by atoms with Gasteiger partial charge in [0, 0.05) is 6.04 Å². The fourth-order valence-corrected chi connectivity index (χ4v) is 3.89. The molecule has 0 aliphatic heterocycles. The van der Waals surface area contributed by atoms with Gasteiger partial charge in [-0.3, -0.25) is 0 Å². The summed E-state index contributed by atoms with van der Waals surface area (Å²) in [5, 5.41) is 0. The summed E-state index contributed by atoms with van der Waals surface area (Å²) in [6.45, 7) is 5.96. The highest BCUT2D eigenvalue weighted by Gasteiger charge is 2.23. The van der Waals surface area contributed by atoms with Crippen LogP contribution in [-0.2, 0) is 16.4 Å². The van der Waals surface area contributed by atoms with Crippen molar-refractivity contribution in [2.24, 2.45) is 5.92 Å².